The summed E-state index contributed by atoms with van der Waals surface area (Å²) in [5, 5.41) is 12.2. The summed E-state index contributed by atoms with van der Waals surface area (Å²) in [6.45, 7) is 4.71. The Labute approximate surface area is 239 Å². The van der Waals surface area contributed by atoms with Gasteiger partial charge in [0.15, 0.2) is 28.0 Å². The summed E-state index contributed by atoms with van der Waals surface area (Å²) in [6.07, 6.45) is 0. The van der Waals surface area contributed by atoms with Gasteiger partial charge in [0.05, 0.1) is 42.2 Å². The third kappa shape index (κ3) is 4.55. The van der Waals surface area contributed by atoms with Crippen LogP contribution in [0.2, 0.25) is 0 Å². The summed E-state index contributed by atoms with van der Waals surface area (Å²) < 4.78 is 23.4. The number of aliphatic hydroxyl groups excluding tert-OH is 1. The van der Waals surface area contributed by atoms with Crippen LogP contribution in [0, 0.1) is 0 Å². The first-order chi connectivity index (χ1) is 19.9. The van der Waals surface area contributed by atoms with Crippen molar-refractivity contribution in [3.63, 3.8) is 0 Å². The van der Waals surface area contributed by atoms with Gasteiger partial charge >= 0.3 is 0 Å². The van der Waals surface area contributed by atoms with E-state index >= 15 is 0 Å². The van der Waals surface area contributed by atoms with Crippen LogP contribution in [0.15, 0.2) is 82.5 Å². The Kier molecular flexibility index (Phi) is 6.84. The third-order valence-electron chi connectivity index (χ3n) is 6.75. The first-order valence-corrected chi connectivity index (χ1v) is 13.9. The van der Waals surface area contributed by atoms with Gasteiger partial charge in [0, 0.05) is 5.39 Å². The molecule has 1 aliphatic heterocycles. The quantitative estimate of drug-likeness (QED) is 0.197. The highest BCUT2D eigenvalue weighted by Crippen LogP contribution is 2.45. The molecule has 0 saturated carbocycles. The number of aromatic nitrogens is 1. The Morgan fingerprint density at radius 3 is 2.54 bits per heavy atom. The smallest absolute Gasteiger partial charge is 0.296 e. The topological polar surface area (TPSA) is 111 Å². The van der Waals surface area contributed by atoms with E-state index in [4.69, 9.17) is 18.6 Å². The van der Waals surface area contributed by atoms with Crippen molar-refractivity contribution >= 4 is 49.3 Å². The fourth-order valence-electron chi connectivity index (χ4n) is 4.98. The van der Waals surface area contributed by atoms with Gasteiger partial charge in [-0.3, -0.25) is 14.5 Å². The van der Waals surface area contributed by atoms with Crippen molar-refractivity contribution in [2.24, 2.45) is 0 Å². The summed E-state index contributed by atoms with van der Waals surface area (Å²) >= 11 is 1.27. The lowest BCUT2D eigenvalue weighted by atomic mass is 9.95. The maximum absolute atomic E-state index is 14.0. The lowest BCUT2D eigenvalue weighted by molar-refractivity contribution is -0.117. The predicted octanol–water partition coefficient (Wildman–Crippen LogP) is 6.63. The molecule has 0 saturated heterocycles. The number of rotatable bonds is 9. The van der Waals surface area contributed by atoms with E-state index in [1.54, 1.807) is 48.5 Å². The molecule has 1 atom stereocenters. The van der Waals surface area contributed by atoms with Crippen LogP contribution in [-0.2, 0) is 4.79 Å². The number of anilines is 1. The molecule has 1 N–H and O–H groups in total. The SMILES string of the molecule is CCOc1cccc(C2C(C(=O)c3cc4cccc(OC)c4o3)=C(O)C(=O)N2c2nc3ccc(OCC)cc3s2)c1. The summed E-state index contributed by atoms with van der Waals surface area (Å²) in [6, 6.07) is 18.5. The maximum Gasteiger partial charge on any atom is 0.296 e. The Bertz CT molecular complexity index is 1840. The average molecular weight is 571 g/mol. The Morgan fingerprint density at radius 1 is 1.02 bits per heavy atom. The van der Waals surface area contributed by atoms with Crippen molar-refractivity contribution in [3.8, 4) is 17.2 Å². The number of Topliss-reactive ketones (excluding diaryl/α,β-unsaturated/α-hetero) is 1. The first kappa shape index (κ1) is 26.4. The standard InChI is InChI=1S/C31H26N2O7S/c1-4-38-19-10-6-8-17(14-19)26-25(27(34)23-15-18-9-7-11-22(37-3)29(18)40-23)28(35)30(36)33(26)31-32-21-13-12-20(39-5-2)16-24(21)41-31/h6-16,26,35H,4-5H2,1-3H3. The number of hydrogen-bond donors (Lipinski definition) is 1. The van der Waals surface area contributed by atoms with Gasteiger partial charge in [0.1, 0.15) is 11.5 Å². The minimum atomic E-state index is -0.988. The zero-order chi connectivity index (χ0) is 28.7. The lowest BCUT2D eigenvalue weighted by Crippen LogP contribution is -2.31. The largest absolute Gasteiger partial charge is 0.503 e. The van der Waals surface area contributed by atoms with E-state index in [9.17, 15) is 14.7 Å². The van der Waals surface area contributed by atoms with Gasteiger partial charge in [-0.05, 0) is 61.9 Å². The van der Waals surface area contributed by atoms with Crippen molar-refractivity contribution in [2.45, 2.75) is 19.9 Å². The molecule has 1 amide bonds. The molecule has 1 aliphatic rings. The van der Waals surface area contributed by atoms with Gasteiger partial charge in [0.25, 0.3) is 5.91 Å². The van der Waals surface area contributed by atoms with Gasteiger partial charge in [-0.15, -0.1) is 0 Å². The minimum absolute atomic E-state index is 0.0303. The molecule has 1 unspecified atom stereocenters. The van der Waals surface area contributed by atoms with E-state index in [0.717, 1.165) is 4.70 Å². The highest BCUT2D eigenvalue weighted by molar-refractivity contribution is 7.22. The number of amides is 1. The number of ketones is 1. The molecule has 0 fully saturated rings. The van der Waals surface area contributed by atoms with Crippen molar-refractivity contribution in [3.05, 3.63) is 89.4 Å². The van der Waals surface area contributed by atoms with Crippen molar-refractivity contribution in [2.75, 3.05) is 25.2 Å². The monoisotopic (exact) mass is 570 g/mol. The van der Waals surface area contributed by atoms with Crippen LogP contribution in [0.3, 0.4) is 0 Å². The second-order valence-electron chi connectivity index (χ2n) is 9.22. The number of para-hydroxylation sites is 1. The van der Waals surface area contributed by atoms with Crippen LogP contribution < -0.4 is 19.1 Å². The molecule has 0 bridgehead atoms. The van der Waals surface area contributed by atoms with E-state index in [0.29, 0.717) is 57.6 Å². The zero-order valence-electron chi connectivity index (χ0n) is 22.5. The Hall–Kier alpha value is -4.83. The second-order valence-corrected chi connectivity index (χ2v) is 10.2. The fourth-order valence-corrected chi connectivity index (χ4v) is 6.01. The molecule has 41 heavy (non-hydrogen) atoms. The molecule has 0 aliphatic carbocycles. The van der Waals surface area contributed by atoms with E-state index in [-0.39, 0.29) is 11.3 Å². The summed E-state index contributed by atoms with van der Waals surface area (Å²) in [5.41, 5.74) is 1.51. The van der Waals surface area contributed by atoms with Crippen LogP contribution in [0.4, 0.5) is 5.13 Å². The summed E-state index contributed by atoms with van der Waals surface area (Å²) in [5.74, 6) is -0.344. The summed E-state index contributed by atoms with van der Waals surface area (Å²) in [7, 11) is 1.51. The van der Waals surface area contributed by atoms with E-state index in [1.807, 2.05) is 32.0 Å². The molecule has 208 valence electrons. The Balaban J connectivity index is 1.49. The molecule has 10 heteroatoms. The number of fused-ring (bicyclic) bond motifs is 2. The number of nitrogens with zero attached hydrogens (tertiary/aromatic N) is 2. The predicted molar refractivity (Wildman–Crippen MR) is 155 cm³/mol. The number of carbonyl (C=O) groups excluding carboxylic acids is 2. The molecule has 3 heterocycles. The van der Waals surface area contributed by atoms with E-state index < -0.39 is 23.5 Å². The molecular weight excluding hydrogens is 544 g/mol. The van der Waals surface area contributed by atoms with Crippen LogP contribution in [0.1, 0.15) is 36.0 Å². The third-order valence-corrected chi connectivity index (χ3v) is 7.77. The summed E-state index contributed by atoms with van der Waals surface area (Å²) in [4.78, 5) is 33.8. The molecule has 9 nitrogen and oxygen atoms in total. The van der Waals surface area contributed by atoms with E-state index in [1.165, 1.54) is 23.3 Å². The van der Waals surface area contributed by atoms with Gasteiger partial charge in [-0.25, -0.2) is 4.98 Å². The van der Waals surface area contributed by atoms with Crippen molar-refractivity contribution in [1.29, 1.82) is 0 Å². The number of thiazole rings is 1. The number of benzene rings is 3. The lowest BCUT2D eigenvalue weighted by Gasteiger charge is -2.24. The normalized spacial score (nSPS) is 15.2. The number of ether oxygens (including phenoxy) is 3. The van der Waals surface area contributed by atoms with Crippen LogP contribution >= 0.6 is 11.3 Å². The number of methoxy groups -OCH3 is 1. The Morgan fingerprint density at radius 2 is 1.78 bits per heavy atom. The van der Waals surface area contributed by atoms with Crippen LogP contribution in [0.5, 0.6) is 17.2 Å². The van der Waals surface area contributed by atoms with Gasteiger partial charge in [-0.1, -0.05) is 35.6 Å². The number of aliphatic hydroxyl groups is 1. The molecule has 0 radical (unpaired) electrons. The number of furan rings is 1. The van der Waals surface area contributed by atoms with Crippen LogP contribution in [0.25, 0.3) is 21.2 Å². The van der Waals surface area contributed by atoms with Gasteiger partial charge in [0.2, 0.25) is 5.78 Å². The van der Waals surface area contributed by atoms with Gasteiger partial charge in [-0.2, -0.15) is 0 Å². The molecule has 6 rings (SSSR count). The number of carbonyl (C=O) groups is 2. The zero-order valence-corrected chi connectivity index (χ0v) is 23.4. The maximum atomic E-state index is 14.0. The fraction of sp³-hybridized carbons (Fsp3) is 0.194. The number of hydrogen-bond acceptors (Lipinski definition) is 9. The molecule has 2 aromatic heterocycles. The van der Waals surface area contributed by atoms with E-state index in [2.05, 4.69) is 4.98 Å². The molecule has 3 aromatic carbocycles. The first-order valence-electron chi connectivity index (χ1n) is 13.1. The highest BCUT2D eigenvalue weighted by atomic mass is 32.1. The molecule has 5 aromatic rings. The second kappa shape index (κ2) is 10.6. The van der Waals surface area contributed by atoms with Crippen LogP contribution in [-0.4, -0.2) is 42.1 Å². The van der Waals surface area contributed by atoms with Gasteiger partial charge < -0.3 is 23.7 Å². The average Bonchev–Trinajstić information content (AvgIpc) is 3.67. The van der Waals surface area contributed by atoms with Crippen molar-refractivity contribution in [1.82, 2.24) is 4.98 Å². The highest BCUT2D eigenvalue weighted by Gasteiger charge is 2.46. The molecular formula is C31H26N2O7S. The minimum Gasteiger partial charge on any atom is -0.503 e. The van der Waals surface area contributed by atoms with Crippen molar-refractivity contribution < 1.29 is 33.3 Å². The molecule has 0 spiro atoms.